The van der Waals surface area contributed by atoms with Crippen molar-refractivity contribution in [2.75, 3.05) is 19.6 Å². The van der Waals surface area contributed by atoms with Crippen LogP contribution in [-0.2, 0) is 17.8 Å². The van der Waals surface area contributed by atoms with E-state index in [9.17, 15) is 9.90 Å². The number of nitrogens with zero attached hydrogens (tertiary/aromatic N) is 1. The van der Waals surface area contributed by atoms with Gasteiger partial charge in [0.25, 0.3) is 0 Å². The fourth-order valence-electron chi connectivity index (χ4n) is 5.23. The van der Waals surface area contributed by atoms with Gasteiger partial charge in [0.05, 0.1) is 5.41 Å². The minimum absolute atomic E-state index is 0.578. The monoisotopic (exact) mass is 473 g/mol. The van der Waals surface area contributed by atoms with Gasteiger partial charge in [0.15, 0.2) is 0 Å². The molecular formula is C29H31NO3S. The lowest BCUT2D eigenvalue weighted by atomic mass is 9.80. The van der Waals surface area contributed by atoms with E-state index in [0.29, 0.717) is 19.7 Å². The maximum absolute atomic E-state index is 11.4. The van der Waals surface area contributed by atoms with Gasteiger partial charge in [0.2, 0.25) is 0 Å². The zero-order valence-electron chi connectivity index (χ0n) is 20.1. The highest BCUT2D eigenvalue weighted by atomic mass is 32.1. The molecule has 5 rings (SSSR count). The number of rotatable bonds is 7. The Morgan fingerprint density at radius 1 is 1.06 bits per heavy atom. The molecule has 34 heavy (non-hydrogen) atoms. The largest absolute Gasteiger partial charge is 0.488 e. The Bertz CT molecular complexity index is 1250. The van der Waals surface area contributed by atoms with Crippen molar-refractivity contribution in [3.05, 3.63) is 81.1 Å². The third-order valence-electron chi connectivity index (χ3n) is 7.22. The van der Waals surface area contributed by atoms with Gasteiger partial charge in [-0.15, -0.1) is 11.3 Å². The number of hydrogen-bond donors (Lipinski definition) is 1. The Morgan fingerprint density at radius 2 is 1.82 bits per heavy atom. The first-order valence-electron chi connectivity index (χ1n) is 11.9. The van der Waals surface area contributed by atoms with E-state index in [1.54, 1.807) is 11.3 Å². The maximum atomic E-state index is 11.4. The van der Waals surface area contributed by atoms with Crippen LogP contribution in [0.15, 0.2) is 60.2 Å². The predicted octanol–water partition coefficient (Wildman–Crippen LogP) is 6.43. The quantitative estimate of drug-likeness (QED) is 0.430. The van der Waals surface area contributed by atoms with Gasteiger partial charge < -0.3 is 9.84 Å². The number of fused-ring (bicyclic) bond motifs is 1. The predicted molar refractivity (Wildman–Crippen MR) is 138 cm³/mol. The van der Waals surface area contributed by atoms with Gasteiger partial charge in [-0.1, -0.05) is 42.0 Å². The zero-order chi connectivity index (χ0) is 23.9. The van der Waals surface area contributed by atoms with Crippen LogP contribution in [0.25, 0.3) is 16.7 Å². The van der Waals surface area contributed by atoms with Crippen LogP contribution in [0.1, 0.15) is 41.1 Å². The number of carbonyl (C=O) groups is 1. The Hall–Kier alpha value is -2.89. The molecule has 0 spiro atoms. The van der Waals surface area contributed by atoms with Gasteiger partial charge >= 0.3 is 5.97 Å². The van der Waals surface area contributed by atoms with Crippen molar-refractivity contribution in [3.8, 4) is 16.9 Å². The molecule has 0 atom stereocenters. The fraction of sp³-hybridized carbons (Fsp3) is 0.345. The molecule has 0 bridgehead atoms. The molecule has 2 heterocycles. The van der Waals surface area contributed by atoms with Gasteiger partial charge in [-0.3, -0.25) is 9.69 Å². The summed E-state index contributed by atoms with van der Waals surface area (Å²) < 4.78 is 6.19. The summed E-state index contributed by atoms with van der Waals surface area (Å²) in [5.74, 6) is 0.229. The van der Waals surface area contributed by atoms with Gasteiger partial charge in [-0.05, 0) is 79.6 Å². The van der Waals surface area contributed by atoms with E-state index in [0.717, 1.165) is 25.1 Å². The second-order valence-corrected chi connectivity index (χ2v) is 11.2. The van der Waals surface area contributed by atoms with E-state index >= 15 is 0 Å². The first kappa shape index (κ1) is 22.9. The lowest BCUT2D eigenvalue weighted by Gasteiger charge is -2.45. The molecule has 0 radical (unpaired) electrons. The van der Waals surface area contributed by atoms with Gasteiger partial charge in [0.1, 0.15) is 12.4 Å². The molecule has 2 aromatic carbocycles. The average molecular weight is 474 g/mol. The molecular weight excluding hydrogens is 442 g/mol. The number of benzene rings is 2. The van der Waals surface area contributed by atoms with E-state index in [-0.39, 0.29) is 0 Å². The minimum Gasteiger partial charge on any atom is -0.488 e. The number of hydrogen-bond acceptors (Lipinski definition) is 4. The summed E-state index contributed by atoms with van der Waals surface area (Å²) in [4.78, 5) is 16.2. The van der Waals surface area contributed by atoms with Crippen molar-refractivity contribution < 1.29 is 14.6 Å². The lowest BCUT2D eigenvalue weighted by Crippen LogP contribution is -2.59. The Labute approximate surface area is 205 Å². The summed E-state index contributed by atoms with van der Waals surface area (Å²) in [5.41, 5.74) is 7.35. The zero-order valence-corrected chi connectivity index (χ0v) is 20.9. The highest BCUT2D eigenvalue weighted by Crippen LogP contribution is 2.37. The van der Waals surface area contributed by atoms with Crippen LogP contribution in [0.3, 0.4) is 0 Å². The molecule has 0 saturated carbocycles. The van der Waals surface area contributed by atoms with E-state index in [2.05, 4.69) is 67.3 Å². The van der Waals surface area contributed by atoms with Gasteiger partial charge in [0, 0.05) is 29.4 Å². The molecule has 4 nitrogen and oxygen atoms in total. The highest BCUT2D eigenvalue weighted by Gasteiger charge is 2.45. The van der Waals surface area contributed by atoms with Crippen LogP contribution in [0.5, 0.6) is 5.75 Å². The third kappa shape index (κ3) is 4.42. The number of aliphatic carboxylic acids is 1. The van der Waals surface area contributed by atoms with Crippen molar-refractivity contribution in [2.24, 2.45) is 5.41 Å². The molecule has 1 saturated heterocycles. The number of aryl methyl sites for hydroxylation is 2. The van der Waals surface area contributed by atoms with Crippen molar-refractivity contribution >= 4 is 22.9 Å². The number of carboxylic acid groups (broad SMARTS) is 1. The second-order valence-electron chi connectivity index (χ2n) is 9.90. The molecule has 0 unspecified atom stereocenters. The summed E-state index contributed by atoms with van der Waals surface area (Å²) in [6.45, 7) is 8.92. The molecule has 1 aliphatic carbocycles. The van der Waals surface area contributed by atoms with E-state index in [4.69, 9.17) is 4.74 Å². The van der Waals surface area contributed by atoms with Crippen molar-refractivity contribution in [1.29, 1.82) is 0 Å². The molecule has 1 N–H and O–H groups in total. The number of thiophene rings is 1. The number of carboxylic acids is 1. The average Bonchev–Trinajstić information content (AvgIpc) is 3.19. The van der Waals surface area contributed by atoms with Crippen molar-refractivity contribution in [2.45, 2.75) is 40.2 Å². The fourth-order valence-corrected chi connectivity index (χ4v) is 6.20. The summed E-state index contributed by atoms with van der Waals surface area (Å²) in [7, 11) is 0. The topological polar surface area (TPSA) is 49.8 Å². The number of ether oxygens (including phenoxy) is 1. The molecule has 1 fully saturated rings. The van der Waals surface area contributed by atoms with E-state index < -0.39 is 11.4 Å². The first-order valence-corrected chi connectivity index (χ1v) is 12.7. The van der Waals surface area contributed by atoms with E-state index in [1.165, 1.54) is 43.2 Å². The van der Waals surface area contributed by atoms with Gasteiger partial charge in [-0.2, -0.15) is 0 Å². The molecule has 2 aliphatic rings. The first-order chi connectivity index (χ1) is 16.3. The Kier molecular flexibility index (Phi) is 6.09. The summed E-state index contributed by atoms with van der Waals surface area (Å²) in [5, 5.41) is 9.36. The molecule has 0 amide bonds. The van der Waals surface area contributed by atoms with Crippen LogP contribution in [0.4, 0.5) is 0 Å². The number of allylic oxidation sites excluding steroid dienone is 1. The standard InChI is InChI=1S/C29H31NO3S/c1-19-23(15-30-17-29(3,18-30)28(31)32)10-9-22-13-24(11-12-26(19)22)33-16-25-14-27(20(2)34-25)21-7-5-4-6-8-21/h4-8,11-14H,9-10,15-18H2,1-3H3,(H,31,32). The third-order valence-corrected chi connectivity index (χ3v) is 8.24. The Balaban J connectivity index is 1.24. The lowest BCUT2D eigenvalue weighted by molar-refractivity contribution is -0.158. The van der Waals surface area contributed by atoms with Crippen molar-refractivity contribution in [3.63, 3.8) is 0 Å². The molecule has 1 aliphatic heterocycles. The van der Waals surface area contributed by atoms with Crippen LogP contribution in [-0.4, -0.2) is 35.6 Å². The van der Waals surface area contributed by atoms with Gasteiger partial charge in [-0.25, -0.2) is 0 Å². The molecule has 5 heteroatoms. The smallest absolute Gasteiger partial charge is 0.311 e. The maximum Gasteiger partial charge on any atom is 0.311 e. The summed E-state index contributed by atoms with van der Waals surface area (Å²) in [6.07, 6.45) is 2.02. The van der Waals surface area contributed by atoms with Crippen LogP contribution in [0, 0.1) is 12.3 Å². The molecule has 3 aromatic rings. The second kappa shape index (κ2) is 9.05. The molecule has 176 valence electrons. The molecule has 1 aromatic heterocycles. The normalized spacial score (nSPS) is 17.3. The van der Waals surface area contributed by atoms with Crippen molar-refractivity contribution in [1.82, 2.24) is 4.90 Å². The highest BCUT2D eigenvalue weighted by molar-refractivity contribution is 7.12. The van der Waals surface area contributed by atoms with Crippen LogP contribution in [0.2, 0.25) is 0 Å². The SMILES string of the molecule is CC1=C(CN2CC(C)(C(=O)O)C2)CCc2cc(OCc3cc(-c4ccccc4)c(C)s3)ccc21. The van der Waals surface area contributed by atoms with Crippen LogP contribution < -0.4 is 4.74 Å². The van der Waals surface area contributed by atoms with Crippen LogP contribution >= 0.6 is 11.3 Å². The summed E-state index contributed by atoms with van der Waals surface area (Å²) in [6, 6.07) is 19.2. The van der Waals surface area contributed by atoms with E-state index in [1.807, 2.05) is 13.0 Å². The Morgan fingerprint density at radius 3 is 2.56 bits per heavy atom. The summed E-state index contributed by atoms with van der Waals surface area (Å²) >= 11 is 1.80. The number of likely N-dealkylation sites (tertiary alicyclic amines) is 1. The minimum atomic E-state index is -0.690.